The van der Waals surface area contributed by atoms with Gasteiger partial charge in [0.05, 0.1) is 13.5 Å². The van der Waals surface area contributed by atoms with Crippen LogP contribution < -0.4 is 0 Å². The van der Waals surface area contributed by atoms with E-state index in [-0.39, 0.29) is 24.2 Å². The van der Waals surface area contributed by atoms with Crippen molar-refractivity contribution in [3.8, 4) is 0 Å². The molecule has 82 valence electrons. The van der Waals surface area contributed by atoms with Gasteiger partial charge in [0.15, 0.2) is 0 Å². The molecule has 4 heteroatoms. The van der Waals surface area contributed by atoms with Crippen LogP contribution in [0.15, 0.2) is 0 Å². The van der Waals surface area contributed by atoms with Crippen molar-refractivity contribution in [1.29, 1.82) is 0 Å². The van der Waals surface area contributed by atoms with Gasteiger partial charge in [-0.05, 0) is 6.92 Å². The van der Waals surface area contributed by atoms with Crippen molar-refractivity contribution in [3.05, 3.63) is 0 Å². The van der Waals surface area contributed by atoms with Gasteiger partial charge in [0, 0.05) is 19.0 Å². The third-order valence-electron chi connectivity index (χ3n) is 2.00. The van der Waals surface area contributed by atoms with Crippen LogP contribution in [0.2, 0.25) is 0 Å². The number of amides is 1. The highest BCUT2D eigenvalue weighted by molar-refractivity contribution is 5.78. The molecule has 1 amide bonds. The first kappa shape index (κ1) is 12.9. The van der Waals surface area contributed by atoms with E-state index in [1.165, 1.54) is 7.11 Å². The SMILES string of the molecule is CCN(CCC(=O)OC)C(=O)C(C)C. The van der Waals surface area contributed by atoms with E-state index >= 15 is 0 Å². The van der Waals surface area contributed by atoms with Crippen molar-refractivity contribution >= 4 is 11.9 Å². The summed E-state index contributed by atoms with van der Waals surface area (Å²) in [4.78, 5) is 24.1. The number of esters is 1. The molecule has 0 N–H and O–H groups in total. The zero-order valence-electron chi connectivity index (χ0n) is 9.37. The molecule has 0 fully saturated rings. The first-order chi connectivity index (χ1) is 6.52. The highest BCUT2D eigenvalue weighted by Gasteiger charge is 2.16. The first-order valence-electron chi connectivity index (χ1n) is 4.88. The van der Waals surface area contributed by atoms with Crippen molar-refractivity contribution in [2.45, 2.75) is 27.2 Å². The second-order valence-electron chi connectivity index (χ2n) is 3.40. The third kappa shape index (κ3) is 4.25. The Bertz CT molecular complexity index is 202. The maximum Gasteiger partial charge on any atom is 0.307 e. The zero-order valence-corrected chi connectivity index (χ0v) is 9.37. The van der Waals surface area contributed by atoms with Gasteiger partial charge in [-0.2, -0.15) is 0 Å². The Labute approximate surface area is 85.2 Å². The van der Waals surface area contributed by atoms with Gasteiger partial charge in [0.2, 0.25) is 5.91 Å². The molecule has 0 atom stereocenters. The Morgan fingerprint density at radius 1 is 1.36 bits per heavy atom. The molecule has 0 bridgehead atoms. The highest BCUT2D eigenvalue weighted by atomic mass is 16.5. The van der Waals surface area contributed by atoms with Crippen molar-refractivity contribution in [3.63, 3.8) is 0 Å². The number of hydrogen-bond acceptors (Lipinski definition) is 3. The summed E-state index contributed by atoms with van der Waals surface area (Å²) >= 11 is 0. The summed E-state index contributed by atoms with van der Waals surface area (Å²) in [6.07, 6.45) is 0.267. The molecular formula is C10H19NO3. The van der Waals surface area contributed by atoms with Gasteiger partial charge in [-0.1, -0.05) is 13.8 Å². The molecule has 0 aliphatic carbocycles. The predicted molar refractivity (Wildman–Crippen MR) is 53.7 cm³/mol. The van der Waals surface area contributed by atoms with Crippen LogP contribution in [0.25, 0.3) is 0 Å². The monoisotopic (exact) mass is 201 g/mol. The third-order valence-corrected chi connectivity index (χ3v) is 2.00. The summed E-state index contributed by atoms with van der Waals surface area (Å²) in [5, 5.41) is 0. The molecule has 0 saturated carbocycles. The Morgan fingerprint density at radius 2 is 1.93 bits per heavy atom. The minimum Gasteiger partial charge on any atom is -0.469 e. The average molecular weight is 201 g/mol. The summed E-state index contributed by atoms with van der Waals surface area (Å²) in [6, 6.07) is 0. The van der Waals surface area contributed by atoms with Gasteiger partial charge in [0.25, 0.3) is 0 Å². The summed E-state index contributed by atoms with van der Waals surface area (Å²) in [6.45, 7) is 6.68. The second kappa shape index (κ2) is 6.40. The van der Waals surface area contributed by atoms with Crippen LogP contribution in [0.5, 0.6) is 0 Å². The topological polar surface area (TPSA) is 46.6 Å². The van der Waals surface area contributed by atoms with Crippen LogP contribution in [0, 0.1) is 5.92 Å². The minimum absolute atomic E-state index is 0.0207. The Kier molecular flexibility index (Phi) is 5.92. The van der Waals surface area contributed by atoms with Gasteiger partial charge in [-0.15, -0.1) is 0 Å². The number of carbonyl (C=O) groups is 2. The first-order valence-corrected chi connectivity index (χ1v) is 4.88. The van der Waals surface area contributed by atoms with Crippen LogP contribution in [0.4, 0.5) is 0 Å². The van der Waals surface area contributed by atoms with Crippen molar-refractivity contribution in [2.75, 3.05) is 20.2 Å². The maximum absolute atomic E-state index is 11.5. The lowest BCUT2D eigenvalue weighted by molar-refractivity contribution is -0.142. The lowest BCUT2D eigenvalue weighted by Crippen LogP contribution is -2.35. The molecule has 0 spiro atoms. The number of carbonyl (C=O) groups excluding carboxylic acids is 2. The molecule has 0 aromatic rings. The van der Waals surface area contributed by atoms with Gasteiger partial charge in [-0.25, -0.2) is 0 Å². The summed E-state index contributed by atoms with van der Waals surface area (Å²) in [5.74, 6) is -0.219. The summed E-state index contributed by atoms with van der Waals surface area (Å²) in [5.41, 5.74) is 0. The average Bonchev–Trinajstić information content (AvgIpc) is 2.17. The fourth-order valence-electron chi connectivity index (χ4n) is 1.12. The van der Waals surface area contributed by atoms with E-state index in [1.54, 1.807) is 4.90 Å². The second-order valence-corrected chi connectivity index (χ2v) is 3.40. The molecule has 0 rings (SSSR count). The number of methoxy groups -OCH3 is 1. The molecule has 0 aromatic carbocycles. The largest absolute Gasteiger partial charge is 0.469 e. The molecule has 0 unspecified atom stereocenters. The van der Waals surface area contributed by atoms with Crippen LogP contribution in [-0.4, -0.2) is 37.0 Å². The smallest absolute Gasteiger partial charge is 0.307 e. The molecule has 0 aromatic heterocycles. The van der Waals surface area contributed by atoms with E-state index < -0.39 is 0 Å². The van der Waals surface area contributed by atoms with E-state index in [0.717, 1.165) is 0 Å². The van der Waals surface area contributed by atoms with E-state index in [1.807, 2.05) is 20.8 Å². The molecule has 0 radical (unpaired) electrons. The number of ether oxygens (including phenoxy) is 1. The number of nitrogens with zero attached hydrogens (tertiary/aromatic N) is 1. The lowest BCUT2D eigenvalue weighted by Gasteiger charge is -2.22. The maximum atomic E-state index is 11.5. The van der Waals surface area contributed by atoms with Crippen LogP contribution in [-0.2, 0) is 14.3 Å². The van der Waals surface area contributed by atoms with Crippen molar-refractivity contribution in [1.82, 2.24) is 4.90 Å². The van der Waals surface area contributed by atoms with E-state index in [4.69, 9.17) is 0 Å². The van der Waals surface area contributed by atoms with Crippen LogP contribution in [0.3, 0.4) is 0 Å². The number of hydrogen-bond donors (Lipinski definition) is 0. The van der Waals surface area contributed by atoms with E-state index in [0.29, 0.717) is 13.1 Å². The van der Waals surface area contributed by atoms with Crippen LogP contribution >= 0.6 is 0 Å². The Balaban J connectivity index is 4.03. The molecule has 0 aliphatic heterocycles. The van der Waals surface area contributed by atoms with Gasteiger partial charge >= 0.3 is 5.97 Å². The number of rotatable bonds is 5. The Morgan fingerprint density at radius 3 is 2.29 bits per heavy atom. The predicted octanol–water partition coefficient (Wildman–Crippen LogP) is 1.05. The van der Waals surface area contributed by atoms with Gasteiger partial charge in [0.1, 0.15) is 0 Å². The van der Waals surface area contributed by atoms with E-state index in [9.17, 15) is 9.59 Å². The molecule has 0 aliphatic rings. The molecule has 14 heavy (non-hydrogen) atoms. The summed E-state index contributed by atoms with van der Waals surface area (Å²) < 4.78 is 4.51. The zero-order chi connectivity index (χ0) is 11.1. The molecule has 4 nitrogen and oxygen atoms in total. The highest BCUT2D eigenvalue weighted by Crippen LogP contribution is 2.02. The minimum atomic E-state index is -0.278. The Hall–Kier alpha value is -1.06. The van der Waals surface area contributed by atoms with Crippen molar-refractivity contribution < 1.29 is 14.3 Å². The molecule has 0 saturated heterocycles. The van der Waals surface area contributed by atoms with Crippen molar-refractivity contribution in [2.24, 2.45) is 5.92 Å². The van der Waals surface area contributed by atoms with Crippen LogP contribution in [0.1, 0.15) is 27.2 Å². The summed E-state index contributed by atoms with van der Waals surface area (Å²) in [7, 11) is 1.35. The van der Waals surface area contributed by atoms with E-state index in [2.05, 4.69) is 4.74 Å². The standard InChI is InChI=1S/C10H19NO3/c1-5-11(10(13)8(2)3)7-6-9(12)14-4/h8H,5-7H2,1-4H3. The van der Waals surface area contributed by atoms with Gasteiger partial charge in [-0.3, -0.25) is 9.59 Å². The molecule has 0 heterocycles. The lowest BCUT2D eigenvalue weighted by atomic mass is 10.2. The molecular weight excluding hydrogens is 182 g/mol. The fraction of sp³-hybridized carbons (Fsp3) is 0.800. The normalized spacial score (nSPS) is 10.1. The quantitative estimate of drug-likeness (QED) is 0.625. The van der Waals surface area contributed by atoms with Gasteiger partial charge < -0.3 is 9.64 Å². The fourth-order valence-corrected chi connectivity index (χ4v) is 1.12.